The number of hydrogen-bond donors (Lipinski definition) is 2. The molecular weight excluding hydrogens is 482 g/mol. The molecule has 0 saturated carbocycles. The van der Waals surface area contributed by atoms with Crippen LogP contribution in [0.5, 0.6) is 5.75 Å². The minimum absolute atomic E-state index is 0.0613. The van der Waals surface area contributed by atoms with Crippen molar-refractivity contribution in [1.82, 2.24) is 14.9 Å². The molecule has 10 heteroatoms. The summed E-state index contributed by atoms with van der Waals surface area (Å²) in [5, 5.41) is 8.08. The molecule has 38 heavy (non-hydrogen) atoms. The molecule has 3 aromatic rings. The Morgan fingerprint density at radius 1 is 1.16 bits per heavy atom. The number of anilines is 5. The standard InChI is InChI=1S/C28H35N7O3/c1-6-28(36)32-21-16-22(25(37-5)17-24(21)34(4)14-13-33(2)3)31-26-18-27(30-19-29-26)35-23(12-15-38-35)20-10-8-7-9-11-20/h6-11,16-19,23H,1,12-15H2,2-5H3,(H,32,36)(H,29,30,31). The Bertz CT molecular complexity index is 1250. The first-order chi connectivity index (χ1) is 18.4. The Labute approximate surface area is 223 Å². The lowest BCUT2D eigenvalue weighted by atomic mass is 10.0. The SMILES string of the molecule is C=CC(=O)Nc1cc(Nc2cc(N3OCCC3c3ccccc3)ncn2)c(OC)cc1N(C)CCN(C)C. The molecule has 10 nitrogen and oxygen atoms in total. The zero-order valence-corrected chi connectivity index (χ0v) is 22.3. The second-order valence-corrected chi connectivity index (χ2v) is 9.25. The van der Waals surface area contributed by atoms with Gasteiger partial charge in [-0.3, -0.25) is 9.63 Å². The Hall–Kier alpha value is -4.15. The predicted octanol–water partition coefficient (Wildman–Crippen LogP) is 4.23. The normalized spacial score (nSPS) is 14.9. The zero-order chi connectivity index (χ0) is 27.1. The van der Waals surface area contributed by atoms with Gasteiger partial charge < -0.3 is 25.2 Å². The van der Waals surface area contributed by atoms with E-state index in [1.807, 2.05) is 62.6 Å². The number of amides is 1. The summed E-state index contributed by atoms with van der Waals surface area (Å²) < 4.78 is 5.71. The van der Waals surface area contributed by atoms with Crippen LogP contribution in [0.2, 0.25) is 0 Å². The van der Waals surface area contributed by atoms with Crippen LogP contribution < -0.4 is 25.3 Å². The van der Waals surface area contributed by atoms with Gasteiger partial charge >= 0.3 is 0 Å². The smallest absolute Gasteiger partial charge is 0.247 e. The van der Waals surface area contributed by atoms with Crippen LogP contribution in [0.25, 0.3) is 0 Å². The molecule has 4 rings (SSSR count). The number of carbonyl (C=O) groups excluding carboxylic acids is 1. The Kier molecular flexibility index (Phi) is 8.77. The van der Waals surface area contributed by atoms with E-state index in [9.17, 15) is 4.79 Å². The lowest BCUT2D eigenvalue weighted by Gasteiger charge is -2.26. The molecule has 0 aliphatic carbocycles. The van der Waals surface area contributed by atoms with E-state index in [4.69, 9.17) is 9.57 Å². The lowest BCUT2D eigenvalue weighted by Crippen LogP contribution is -2.29. The highest BCUT2D eigenvalue weighted by atomic mass is 16.7. The zero-order valence-electron chi connectivity index (χ0n) is 22.3. The molecule has 1 unspecified atom stereocenters. The summed E-state index contributed by atoms with van der Waals surface area (Å²) in [5.41, 5.74) is 3.25. The van der Waals surface area contributed by atoms with E-state index < -0.39 is 0 Å². The maximum absolute atomic E-state index is 12.2. The average Bonchev–Trinajstić information content (AvgIpc) is 3.42. The van der Waals surface area contributed by atoms with Crippen molar-refractivity contribution in [3.8, 4) is 5.75 Å². The van der Waals surface area contributed by atoms with Gasteiger partial charge in [0.1, 0.15) is 17.9 Å². The fourth-order valence-electron chi connectivity index (χ4n) is 4.25. The Balaban J connectivity index is 1.63. The summed E-state index contributed by atoms with van der Waals surface area (Å²) in [7, 11) is 7.63. The van der Waals surface area contributed by atoms with Gasteiger partial charge in [0.15, 0.2) is 5.82 Å². The van der Waals surface area contributed by atoms with Gasteiger partial charge in [0.2, 0.25) is 5.91 Å². The van der Waals surface area contributed by atoms with Crippen molar-refractivity contribution in [3.63, 3.8) is 0 Å². The van der Waals surface area contributed by atoms with Crippen LogP contribution in [0.15, 0.2) is 67.5 Å². The number of ether oxygens (including phenoxy) is 1. The molecule has 0 spiro atoms. The average molecular weight is 518 g/mol. The number of hydroxylamine groups is 1. The molecule has 1 atom stereocenters. The number of rotatable bonds is 11. The maximum atomic E-state index is 12.2. The molecule has 2 heterocycles. The third-order valence-electron chi connectivity index (χ3n) is 6.29. The van der Waals surface area contributed by atoms with Crippen molar-refractivity contribution in [2.45, 2.75) is 12.5 Å². The molecular formula is C28H35N7O3. The summed E-state index contributed by atoms with van der Waals surface area (Å²) >= 11 is 0. The first kappa shape index (κ1) is 26.9. The van der Waals surface area contributed by atoms with Gasteiger partial charge in [-0.1, -0.05) is 36.9 Å². The summed E-state index contributed by atoms with van der Waals surface area (Å²) in [6, 6.07) is 15.9. The highest BCUT2D eigenvalue weighted by Gasteiger charge is 2.29. The third kappa shape index (κ3) is 6.39. The van der Waals surface area contributed by atoms with E-state index in [2.05, 4.69) is 49.1 Å². The monoisotopic (exact) mass is 517 g/mol. The van der Waals surface area contributed by atoms with Crippen molar-refractivity contribution in [1.29, 1.82) is 0 Å². The van der Waals surface area contributed by atoms with Crippen molar-refractivity contribution in [2.24, 2.45) is 0 Å². The minimum Gasteiger partial charge on any atom is -0.494 e. The van der Waals surface area contributed by atoms with Gasteiger partial charge in [-0.2, -0.15) is 0 Å². The van der Waals surface area contributed by atoms with Gasteiger partial charge in [-0.15, -0.1) is 0 Å². The summed E-state index contributed by atoms with van der Waals surface area (Å²) in [5.74, 6) is 1.51. The molecule has 1 saturated heterocycles. The van der Waals surface area contributed by atoms with Crippen molar-refractivity contribution in [3.05, 3.63) is 73.1 Å². The summed E-state index contributed by atoms with van der Waals surface area (Å²) in [6.45, 7) is 5.80. The van der Waals surface area contributed by atoms with Crippen molar-refractivity contribution < 1.29 is 14.4 Å². The number of aromatic nitrogens is 2. The first-order valence-corrected chi connectivity index (χ1v) is 12.5. The highest BCUT2D eigenvalue weighted by molar-refractivity contribution is 6.02. The molecule has 1 amide bonds. The summed E-state index contributed by atoms with van der Waals surface area (Å²) in [4.78, 5) is 31.2. The van der Waals surface area contributed by atoms with E-state index in [1.54, 1.807) is 7.11 Å². The minimum atomic E-state index is -0.300. The van der Waals surface area contributed by atoms with Crippen LogP contribution in [-0.4, -0.2) is 68.7 Å². The molecule has 0 radical (unpaired) electrons. The second-order valence-electron chi connectivity index (χ2n) is 9.25. The molecule has 1 aromatic heterocycles. The van der Waals surface area contributed by atoms with Crippen LogP contribution in [0.4, 0.5) is 28.7 Å². The number of nitrogens with zero attached hydrogens (tertiary/aromatic N) is 5. The van der Waals surface area contributed by atoms with Crippen molar-refractivity contribution >= 4 is 34.6 Å². The summed E-state index contributed by atoms with van der Waals surface area (Å²) in [6.07, 6.45) is 3.61. The second kappa shape index (κ2) is 12.4. The van der Waals surface area contributed by atoms with E-state index in [0.717, 1.165) is 30.8 Å². The van der Waals surface area contributed by atoms with Crippen LogP contribution in [0.3, 0.4) is 0 Å². The van der Waals surface area contributed by atoms with E-state index in [1.165, 1.54) is 12.4 Å². The number of methoxy groups -OCH3 is 1. The van der Waals surface area contributed by atoms with Crippen LogP contribution in [0, 0.1) is 0 Å². The Morgan fingerprint density at radius 2 is 1.95 bits per heavy atom. The number of benzene rings is 2. The van der Waals surface area contributed by atoms with E-state index in [-0.39, 0.29) is 11.9 Å². The van der Waals surface area contributed by atoms with Crippen LogP contribution >= 0.6 is 0 Å². The molecule has 1 fully saturated rings. The maximum Gasteiger partial charge on any atom is 0.247 e. The van der Waals surface area contributed by atoms with Crippen molar-refractivity contribution in [2.75, 3.05) is 68.5 Å². The topological polar surface area (TPSA) is 95.1 Å². The fraction of sp³-hybridized carbons (Fsp3) is 0.321. The number of likely N-dealkylation sites (N-methyl/N-ethyl adjacent to an activating group) is 2. The molecule has 2 aromatic carbocycles. The van der Waals surface area contributed by atoms with Gasteiger partial charge in [-0.05, 0) is 31.8 Å². The largest absolute Gasteiger partial charge is 0.494 e. The molecule has 1 aliphatic rings. The van der Waals surface area contributed by atoms with Crippen LogP contribution in [0.1, 0.15) is 18.0 Å². The van der Waals surface area contributed by atoms with Gasteiger partial charge in [0.05, 0.1) is 36.8 Å². The lowest BCUT2D eigenvalue weighted by molar-refractivity contribution is -0.111. The number of hydrogen-bond acceptors (Lipinski definition) is 9. The van der Waals surface area contributed by atoms with Gasteiger partial charge in [0.25, 0.3) is 0 Å². The van der Waals surface area contributed by atoms with Crippen LogP contribution in [-0.2, 0) is 9.63 Å². The Morgan fingerprint density at radius 3 is 2.66 bits per heavy atom. The van der Waals surface area contributed by atoms with E-state index >= 15 is 0 Å². The number of carbonyl (C=O) groups is 1. The fourth-order valence-corrected chi connectivity index (χ4v) is 4.25. The molecule has 0 bridgehead atoms. The quantitative estimate of drug-likeness (QED) is 0.362. The highest BCUT2D eigenvalue weighted by Crippen LogP contribution is 2.39. The number of nitrogens with one attached hydrogen (secondary N) is 2. The third-order valence-corrected chi connectivity index (χ3v) is 6.29. The van der Waals surface area contributed by atoms with E-state index in [0.29, 0.717) is 35.4 Å². The van der Waals surface area contributed by atoms with Gasteiger partial charge in [0, 0.05) is 38.7 Å². The predicted molar refractivity (Wildman–Crippen MR) is 151 cm³/mol. The molecule has 2 N–H and O–H groups in total. The first-order valence-electron chi connectivity index (χ1n) is 12.5. The molecule has 1 aliphatic heterocycles. The molecule has 200 valence electrons. The van der Waals surface area contributed by atoms with Gasteiger partial charge in [-0.25, -0.2) is 15.0 Å².